The molecule has 1 unspecified atom stereocenters. The molecule has 2 aromatic carbocycles. The van der Waals surface area contributed by atoms with Crippen molar-refractivity contribution < 1.29 is 9.59 Å². The van der Waals surface area contributed by atoms with E-state index < -0.39 is 0 Å². The Bertz CT molecular complexity index is 761. The van der Waals surface area contributed by atoms with Crippen LogP contribution in [0.1, 0.15) is 30.0 Å². The summed E-state index contributed by atoms with van der Waals surface area (Å²) >= 11 is 0. The van der Waals surface area contributed by atoms with Crippen LogP contribution in [-0.2, 0) is 16.0 Å². The number of anilines is 1. The molecule has 0 bridgehead atoms. The number of hydrogen-bond acceptors (Lipinski definition) is 3. The molecule has 0 fully saturated rings. The summed E-state index contributed by atoms with van der Waals surface area (Å²) in [5.74, 6) is -0.184. The van der Waals surface area contributed by atoms with Crippen LogP contribution < -0.4 is 10.6 Å². The maximum atomic E-state index is 12.4. The standard InChI is InChI=1S/C21H25N3O2/c1-24(14-20(25)22-17-10-3-2-4-11-17)15-21(26)23-19-13-7-9-16-8-5-6-12-18(16)19/h2-6,8,10-12,19H,7,9,13-15H2,1H3,(H,22,25)(H,23,26). The lowest BCUT2D eigenvalue weighted by Crippen LogP contribution is -2.40. The number of nitrogens with one attached hydrogen (secondary N) is 2. The predicted octanol–water partition coefficient (Wildman–Crippen LogP) is 2.75. The highest BCUT2D eigenvalue weighted by atomic mass is 16.2. The van der Waals surface area contributed by atoms with Crippen LogP contribution >= 0.6 is 0 Å². The fourth-order valence-electron chi connectivity index (χ4n) is 3.41. The number of fused-ring (bicyclic) bond motifs is 1. The molecule has 0 aliphatic heterocycles. The molecule has 0 spiro atoms. The van der Waals surface area contributed by atoms with E-state index in [0.29, 0.717) is 0 Å². The second-order valence-corrected chi connectivity index (χ2v) is 6.80. The van der Waals surface area contributed by atoms with E-state index in [1.54, 1.807) is 11.9 Å². The number of amides is 2. The zero-order valence-electron chi connectivity index (χ0n) is 15.1. The van der Waals surface area contributed by atoms with Crippen molar-refractivity contribution in [3.05, 3.63) is 65.7 Å². The Labute approximate surface area is 154 Å². The molecule has 2 aromatic rings. The average molecular weight is 351 g/mol. The van der Waals surface area contributed by atoms with E-state index in [9.17, 15) is 9.59 Å². The molecule has 1 aliphatic carbocycles. The van der Waals surface area contributed by atoms with Crippen molar-refractivity contribution in [1.82, 2.24) is 10.2 Å². The monoisotopic (exact) mass is 351 g/mol. The van der Waals surface area contributed by atoms with E-state index in [0.717, 1.165) is 24.9 Å². The van der Waals surface area contributed by atoms with Gasteiger partial charge in [-0.3, -0.25) is 14.5 Å². The van der Waals surface area contributed by atoms with Crippen LogP contribution in [0.2, 0.25) is 0 Å². The minimum atomic E-state index is -0.130. The van der Waals surface area contributed by atoms with Crippen LogP contribution in [0.15, 0.2) is 54.6 Å². The highest BCUT2D eigenvalue weighted by Gasteiger charge is 2.22. The van der Waals surface area contributed by atoms with Gasteiger partial charge < -0.3 is 10.6 Å². The lowest BCUT2D eigenvalue weighted by molar-refractivity contribution is -0.123. The van der Waals surface area contributed by atoms with E-state index in [1.807, 2.05) is 42.5 Å². The number of benzene rings is 2. The van der Waals surface area contributed by atoms with Crippen LogP contribution in [0.5, 0.6) is 0 Å². The molecule has 2 N–H and O–H groups in total. The largest absolute Gasteiger partial charge is 0.348 e. The zero-order valence-corrected chi connectivity index (χ0v) is 15.1. The van der Waals surface area contributed by atoms with Crippen molar-refractivity contribution in [2.75, 3.05) is 25.5 Å². The van der Waals surface area contributed by atoms with E-state index in [1.165, 1.54) is 11.1 Å². The predicted molar refractivity (Wildman–Crippen MR) is 103 cm³/mol. The van der Waals surface area contributed by atoms with Crippen LogP contribution in [-0.4, -0.2) is 36.9 Å². The van der Waals surface area contributed by atoms with Gasteiger partial charge in [0, 0.05) is 5.69 Å². The van der Waals surface area contributed by atoms with Crippen LogP contribution in [0, 0.1) is 0 Å². The molecule has 2 amide bonds. The van der Waals surface area contributed by atoms with Gasteiger partial charge in [0.25, 0.3) is 0 Å². The number of carbonyl (C=O) groups excluding carboxylic acids is 2. The van der Waals surface area contributed by atoms with Gasteiger partial charge in [0.05, 0.1) is 19.1 Å². The number of para-hydroxylation sites is 1. The number of hydrogen-bond donors (Lipinski definition) is 2. The Hall–Kier alpha value is -2.66. The van der Waals surface area contributed by atoms with E-state index >= 15 is 0 Å². The van der Waals surface area contributed by atoms with Gasteiger partial charge in [-0.25, -0.2) is 0 Å². The summed E-state index contributed by atoms with van der Waals surface area (Å²) in [6.45, 7) is 0.366. The van der Waals surface area contributed by atoms with Crippen molar-refractivity contribution in [3.8, 4) is 0 Å². The minimum Gasteiger partial charge on any atom is -0.348 e. The highest BCUT2D eigenvalue weighted by molar-refractivity contribution is 5.92. The summed E-state index contributed by atoms with van der Waals surface area (Å²) < 4.78 is 0. The quantitative estimate of drug-likeness (QED) is 0.841. The molecule has 1 aliphatic rings. The molecule has 0 aromatic heterocycles. The molecule has 26 heavy (non-hydrogen) atoms. The minimum absolute atomic E-state index is 0.0540. The maximum Gasteiger partial charge on any atom is 0.238 e. The molecule has 5 nitrogen and oxygen atoms in total. The normalized spacial score (nSPS) is 16.0. The molecule has 0 saturated carbocycles. The Morgan fingerprint density at radius 2 is 1.69 bits per heavy atom. The van der Waals surface area contributed by atoms with Crippen molar-refractivity contribution in [1.29, 1.82) is 0 Å². The number of nitrogens with zero attached hydrogens (tertiary/aromatic N) is 1. The van der Waals surface area contributed by atoms with Crippen molar-refractivity contribution in [3.63, 3.8) is 0 Å². The Morgan fingerprint density at radius 3 is 2.50 bits per heavy atom. The molecular weight excluding hydrogens is 326 g/mol. The third-order valence-electron chi connectivity index (χ3n) is 4.59. The second-order valence-electron chi connectivity index (χ2n) is 6.80. The van der Waals surface area contributed by atoms with Crippen LogP contribution in [0.4, 0.5) is 5.69 Å². The van der Waals surface area contributed by atoms with Gasteiger partial charge in [0.2, 0.25) is 11.8 Å². The van der Waals surface area contributed by atoms with Crippen molar-refractivity contribution in [2.45, 2.75) is 25.3 Å². The Kier molecular flexibility index (Phi) is 6.02. The van der Waals surface area contributed by atoms with Gasteiger partial charge in [0.1, 0.15) is 0 Å². The van der Waals surface area contributed by atoms with E-state index in [-0.39, 0.29) is 30.9 Å². The number of carbonyl (C=O) groups is 2. The van der Waals surface area contributed by atoms with Gasteiger partial charge in [-0.1, -0.05) is 42.5 Å². The second kappa shape index (κ2) is 8.63. The lowest BCUT2D eigenvalue weighted by atomic mass is 9.88. The smallest absolute Gasteiger partial charge is 0.238 e. The zero-order chi connectivity index (χ0) is 18.4. The first-order chi connectivity index (χ1) is 12.6. The number of aryl methyl sites for hydroxylation is 1. The third-order valence-corrected chi connectivity index (χ3v) is 4.59. The van der Waals surface area contributed by atoms with Gasteiger partial charge in [-0.05, 0) is 49.6 Å². The summed E-state index contributed by atoms with van der Waals surface area (Å²) in [6.07, 6.45) is 3.11. The van der Waals surface area contributed by atoms with Crippen LogP contribution in [0.3, 0.4) is 0 Å². The number of likely N-dealkylation sites (N-methyl/N-ethyl adjacent to an activating group) is 1. The summed E-state index contributed by atoms with van der Waals surface area (Å²) in [4.78, 5) is 26.2. The Morgan fingerprint density at radius 1 is 1.00 bits per heavy atom. The summed E-state index contributed by atoms with van der Waals surface area (Å²) in [6, 6.07) is 17.7. The summed E-state index contributed by atoms with van der Waals surface area (Å²) in [5.41, 5.74) is 3.30. The molecule has 0 saturated heterocycles. The fourth-order valence-corrected chi connectivity index (χ4v) is 3.41. The molecule has 3 rings (SSSR count). The van der Waals surface area contributed by atoms with Gasteiger partial charge in [0.15, 0.2) is 0 Å². The number of rotatable bonds is 6. The summed E-state index contributed by atoms with van der Waals surface area (Å²) in [7, 11) is 1.78. The molecule has 0 heterocycles. The maximum absolute atomic E-state index is 12.4. The van der Waals surface area contributed by atoms with Crippen molar-refractivity contribution >= 4 is 17.5 Å². The van der Waals surface area contributed by atoms with Gasteiger partial charge >= 0.3 is 0 Å². The van der Waals surface area contributed by atoms with Crippen molar-refractivity contribution in [2.24, 2.45) is 0 Å². The molecule has 0 radical (unpaired) electrons. The average Bonchev–Trinajstić information content (AvgIpc) is 2.62. The summed E-state index contributed by atoms with van der Waals surface area (Å²) in [5, 5.41) is 5.94. The van der Waals surface area contributed by atoms with Gasteiger partial charge in [-0.15, -0.1) is 0 Å². The first-order valence-corrected chi connectivity index (χ1v) is 9.02. The van der Waals surface area contributed by atoms with E-state index in [2.05, 4.69) is 22.8 Å². The molecule has 1 atom stereocenters. The van der Waals surface area contributed by atoms with E-state index in [4.69, 9.17) is 0 Å². The highest BCUT2D eigenvalue weighted by Crippen LogP contribution is 2.29. The third kappa shape index (κ3) is 4.92. The first-order valence-electron chi connectivity index (χ1n) is 9.02. The SMILES string of the molecule is CN(CC(=O)Nc1ccccc1)CC(=O)NC1CCCc2ccccc21. The molecule has 5 heteroatoms. The molecule has 136 valence electrons. The lowest BCUT2D eigenvalue weighted by Gasteiger charge is -2.27. The first kappa shape index (κ1) is 18.1. The fraction of sp³-hybridized carbons (Fsp3) is 0.333. The molecular formula is C21H25N3O2. The Balaban J connectivity index is 1.48. The topological polar surface area (TPSA) is 61.4 Å². The van der Waals surface area contributed by atoms with Crippen LogP contribution in [0.25, 0.3) is 0 Å². The van der Waals surface area contributed by atoms with Gasteiger partial charge in [-0.2, -0.15) is 0 Å².